The highest BCUT2D eigenvalue weighted by molar-refractivity contribution is 7.13. The van der Waals surface area contributed by atoms with Crippen LogP contribution >= 0.6 is 11.3 Å². The second-order valence-electron chi connectivity index (χ2n) is 5.88. The molecule has 0 aliphatic carbocycles. The van der Waals surface area contributed by atoms with Crippen LogP contribution in [0.15, 0.2) is 35.9 Å². The largest absolute Gasteiger partial charge is 0.493 e. The van der Waals surface area contributed by atoms with E-state index in [-0.39, 0.29) is 12.5 Å². The standard InChI is InChI=1S/C19H23N3O3S/c1-3-4-15-5-6-16(17(13-15)24-2)25-14-18(23)21-8-10-22(11-9-21)19-20-7-12-26-19/h3-7,12-13H,8-11,14H2,1-2H3/b4-3+. The summed E-state index contributed by atoms with van der Waals surface area (Å²) in [7, 11) is 1.60. The van der Waals surface area contributed by atoms with Gasteiger partial charge in [-0.05, 0) is 24.6 Å². The Balaban J connectivity index is 1.53. The number of rotatable bonds is 6. The molecule has 1 aromatic carbocycles. The van der Waals surface area contributed by atoms with Crippen molar-refractivity contribution < 1.29 is 14.3 Å². The molecule has 0 radical (unpaired) electrons. The number of ether oxygens (including phenoxy) is 2. The van der Waals surface area contributed by atoms with Gasteiger partial charge < -0.3 is 19.3 Å². The van der Waals surface area contributed by atoms with Crippen molar-refractivity contribution in [2.75, 3.05) is 44.8 Å². The van der Waals surface area contributed by atoms with Crippen molar-refractivity contribution in [3.05, 3.63) is 41.4 Å². The van der Waals surface area contributed by atoms with Crippen LogP contribution in [0.5, 0.6) is 11.5 Å². The summed E-state index contributed by atoms with van der Waals surface area (Å²) in [4.78, 5) is 20.8. The van der Waals surface area contributed by atoms with Gasteiger partial charge in [0, 0.05) is 37.8 Å². The minimum absolute atomic E-state index is 0.0105. The lowest BCUT2D eigenvalue weighted by molar-refractivity contribution is -0.133. The van der Waals surface area contributed by atoms with Gasteiger partial charge in [-0.1, -0.05) is 18.2 Å². The molecule has 138 valence electrons. The van der Waals surface area contributed by atoms with Crippen molar-refractivity contribution in [3.63, 3.8) is 0 Å². The Morgan fingerprint density at radius 3 is 2.73 bits per heavy atom. The molecule has 1 amide bonds. The van der Waals surface area contributed by atoms with Crippen LogP contribution in [0, 0.1) is 0 Å². The van der Waals surface area contributed by atoms with Crippen LogP contribution < -0.4 is 14.4 Å². The SMILES string of the molecule is C/C=C/c1ccc(OCC(=O)N2CCN(c3nccs3)CC2)c(OC)c1. The Hall–Kier alpha value is -2.54. The maximum atomic E-state index is 12.5. The molecular weight excluding hydrogens is 350 g/mol. The van der Waals surface area contributed by atoms with Gasteiger partial charge in [-0.25, -0.2) is 4.98 Å². The van der Waals surface area contributed by atoms with Crippen LogP contribution in [0.2, 0.25) is 0 Å². The van der Waals surface area contributed by atoms with Gasteiger partial charge in [-0.15, -0.1) is 11.3 Å². The van der Waals surface area contributed by atoms with Crippen molar-refractivity contribution in [2.45, 2.75) is 6.92 Å². The predicted octanol–water partition coefficient (Wildman–Crippen LogP) is 2.91. The lowest BCUT2D eigenvalue weighted by Gasteiger charge is -2.34. The molecule has 1 fully saturated rings. The Morgan fingerprint density at radius 1 is 1.27 bits per heavy atom. The number of amides is 1. The summed E-state index contributed by atoms with van der Waals surface area (Å²) in [6, 6.07) is 5.67. The van der Waals surface area contributed by atoms with Gasteiger partial charge in [0.25, 0.3) is 5.91 Å². The number of carbonyl (C=O) groups excluding carboxylic acids is 1. The summed E-state index contributed by atoms with van der Waals surface area (Å²) < 4.78 is 11.1. The van der Waals surface area contributed by atoms with E-state index in [9.17, 15) is 4.79 Å². The minimum atomic E-state index is -0.0108. The Bertz CT molecular complexity index is 753. The van der Waals surface area contributed by atoms with Crippen molar-refractivity contribution in [1.82, 2.24) is 9.88 Å². The summed E-state index contributed by atoms with van der Waals surface area (Å²) >= 11 is 1.62. The quantitative estimate of drug-likeness (QED) is 0.779. The summed E-state index contributed by atoms with van der Waals surface area (Å²) in [5.41, 5.74) is 1.03. The predicted molar refractivity (Wildman–Crippen MR) is 104 cm³/mol. The van der Waals surface area contributed by atoms with Gasteiger partial charge in [0.1, 0.15) is 0 Å². The first kappa shape index (κ1) is 18.3. The smallest absolute Gasteiger partial charge is 0.260 e. The van der Waals surface area contributed by atoms with E-state index < -0.39 is 0 Å². The number of carbonyl (C=O) groups is 1. The molecule has 0 unspecified atom stereocenters. The Morgan fingerprint density at radius 2 is 2.08 bits per heavy atom. The van der Waals surface area contributed by atoms with Gasteiger partial charge in [0.2, 0.25) is 0 Å². The third-order valence-electron chi connectivity index (χ3n) is 4.22. The normalized spacial score (nSPS) is 14.7. The van der Waals surface area contributed by atoms with Crippen LogP contribution in [-0.2, 0) is 4.79 Å². The first-order valence-electron chi connectivity index (χ1n) is 8.57. The van der Waals surface area contributed by atoms with Crippen molar-refractivity contribution >= 4 is 28.5 Å². The number of nitrogens with zero attached hydrogens (tertiary/aromatic N) is 3. The number of methoxy groups -OCH3 is 1. The first-order chi connectivity index (χ1) is 12.7. The van der Waals surface area contributed by atoms with Crippen LogP contribution in [0.1, 0.15) is 12.5 Å². The molecule has 0 N–H and O–H groups in total. The number of anilines is 1. The van der Waals surface area contributed by atoms with Crippen molar-refractivity contribution in [3.8, 4) is 11.5 Å². The molecule has 1 aromatic heterocycles. The van der Waals surface area contributed by atoms with E-state index in [1.54, 1.807) is 24.6 Å². The number of aromatic nitrogens is 1. The van der Waals surface area contributed by atoms with E-state index in [4.69, 9.17) is 9.47 Å². The molecule has 2 aromatic rings. The molecule has 1 aliphatic heterocycles. The van der Waals surface area contributed by atoms with E-state index >= 15 is 0 Å². The van der Waals surface area contributed by atoms with E-state index in [0.717, 1.165) is 23.8 Å². The molecule has 7 heteroatoms. The maximum Gasteiger partial charge on any atom is 0.260 e. The first-order valence-corrected chi connectivity index (χ1v) is 9.45. The Kier molecular flexibility index (Phi) is 6.12. The molecule has 1 aliphatic rings. The molecule has 26 heavy (non-hydrogen) atoms. The van der Waals surface area contributed by atoms with Crippen LogP contribution in [0.3, 0.4) is 0 Å². The highest BCUT2D eigenvalue weighted by Crippen LogP contribution is 2.28. The van der Waals surface area contributed by atoms with E-state index in [2.05, 4.69) is 9.88 Å². The maximum absolute atomic E-state index is 12.5. The fourth-order valence-electron chi connectivity index (χ4n) is 2.85. The van der Waals surface area contributed by atoms with Gasteiger partial charge in [-0.2, -0.15) is 0 Å². The fraction of sp³-hybridized carbons (Fsp3) is 0.368. The summed E-state index contributed by atoms with van der Waals surface area (Å²) in [5.74, 6) is 1.20. The monoisotopic (exact) mass is 373 g/mol. The lowest BCUT2D eigenvalue weighted by Crippen LogP contribution is -2.50. The van der Waals surface area contributed by atoms with Crippen LogP contribution in [-0.4, -0.2) is 55.7 Å². The van der Waals surface area contributed by atoms with Gasteiger partial charge in [0.15, 0.2) is 23.2 Å². The Labute approximate surface area is 157 Å². The number of thiazole rings is 1. The molecular formula is C19H23N3O3S. The molecule has 0 bridgehead atoms. The lowest BCUT2D eigenvalue weighted by atomic mass is 10.2. The third kappa shape index (κ3) is 4.35. The van der Waals surface area contributed by atoms with Gasteiger partial charge in [0.05, 0.1) is 7.11 Å². The fourth-order valence-corrected chi connectivity index (χ4v) is 3.55. The van der Waals surface area contributed by atoms with E-state index in [1.807, 2.05) is 47.6 Å². The second kappa shape index (κ2) is 8.71. The number of hydrogen-bond donors (Lipinski definition) is 0. The number of hydrogen-bond acceptors (Lipinski definition) is 6. The average molecular weight is 373 g/mol. The third-order valence-corrected chi connectivity index (χ3v) is 5.05. The molecule has 3 rings (SSSR count). The molecule has 1 saturated heterocycles. The summed E-state index contributed by atoms with van der Waals surface area (Å²) in [5, 5.41) is 2.98. The molecule has 0 atom stereocenters. The highest BCUT2D eigenvalue weighted by Gasteiger charge is 2.22. The van der Waals surface area contributed by atoms with Crippen molar-refractivity contribution in [1.29, 1.82) is 0 Å². The summed E-state index contributed by atoms with van der Waals surface area (Å²) in [6.45, 7) is 4.92. The molecule has 0 spiro atoms. The van der Waals surface area contributed by atoms with Crippen molar-refractivity contribution in [2.24, 2.45) is 0 Å². The number of benzene rings is 1. The van der Waals surface area contributed by atoms with Crippen LogP contribution in [0.4, 0.5) is 5.13 Å². The van der Waals surface area contributed by atoms with Crippen LogP contribution in [0.25, 0.3) is 6.08 Å². The van der Waals surface area contributed by atoms with Gasteiger partial charge in [-0.3, -0.25) is 4.79 Å². The number of piperazine rings is 1. The minimum Gasteiger partial charge on any atom is -0.493 e. The van der Waals surface area contributed by atoms with E-state index in [1.165, 1.54) is 0 Å². The second-order valence-corrected chi connectivity index (χ2v) is 6.75. The summed E-state index contributed by atoms with van der Waals surface area (Å²) in [6.07, 6.45) is 5.75. The molecule has 0 saturated carbocycles. The number of allylic oxidation sites excluding steroid dienone is 1. The zero-order chi connectivity index (χ0) is 18.4. The van der Waals surface area contributed by atoms with E-state index in [0.29, 0.717) is 24.6 Å². The molecule has 2 heterocycles. The zero-order valence-corrected chi connectivity index (χ0v) is 15.9. The average Bonchev–Trinajstić information content (AvgIpc) is 3.22. The highest BCUT2D eigenvalue weighted by atomic mass is 32.1. The topological polar surface area (TPSA) is 54.9 Å². The molecule has 6 nitrogen and oxygen atoms in total. The zero-order valence-electron chi connectivity index (χ0n) is 15.1. The van der Waals surface area contributed by atoms with Gasteiger partial charge >= 0.3 is 0 Å².